The number of rotatable bonds is 10. The molecule has 0 atom stereocenters. The van der Waals surface area contributed by atoms with Crippen molar-refractivity contribution >= 4 is 52.2 Å². The molecule has 2 amide bonds. The Morgan fingerprint density at radius 3 is 2.45 bits per heavy atom. The van der Waals surface area contributed by atoms with Gasteiger partial charge in [0.2, 0.25) is 0 Å². The minimum Gasteiger partial charge on any atom is -0.493 e. The van der Waals surface area contributed by atoms with Crippen LogP contribution >= 0.6 is 24.0 Å². The van der Waals surface area contributed by atoms with Gasteiger partial charge in [-0.15, -0.1) is 0 Å². The number of carbonyl (C=O) groups excluding carboxylic acids is 2. The van der Waals surface area contributed by atoms with E-state index in [1.807, 2.05) is 30.3 Å². The van der Waals surface area contributed by atoms with E-state index < -0.39 is 24.4 Å². The van der Waals surface area contributed by atoms with Gasteiger partial charge in [-0.05, 0) is 65.8 Å². The molecule has 1 fully saturated rings. The summed E-state index contributed by atoms with van der Waals surface area (Å²) >= 11 is 6.34. The molecule has 0 bridgehead atoms. The first kappa shape index (κ1) is 26.7. The fraction of sp³-hybridized carbons (Fsp3) is 0.111. The van der Waals surface area contributed by atoms with Crippen LogP contribution in [0, 0.1) is 0 Å². The summed E-state index contributed by atoms with van der Waals surface area (Å²) in [6, 6.07) is 21.1. The first-order chi connectivity index (χ1) is 18.3. The van der Waals surface area contributed by atoms with Crippen LogP contribution in [0.4, 0.5) is 0 Å². The molecule has 0 saturated carbocycles. The predicted octanol–water partition coefficient (Wildman–Crippen LogP) is 4.28. The Bertz CT molecular complexity index is 1390. The average Bonchev–Trinajstić information content (AvgIpc) is 3.19. The number of aliphatic carboxylic acids is 1. The minimum atomic E-state index is -1.12. The highest BCUT2D eigenvalue weighted by atomic mass is 32.2. The third-order valence-corrected chi connectivity index (χ3v) is 6.51. The molecule has 0 aliphatic carbocycles. The van der Waals surface area contributed by atoms with Crippen LogP contribution < -0.4 is 19.6 Å². The lowest BCUT2D eigenvalue weighted by Gasteiger charge is -2.16. The number of hydrogen-bond acceptors (Lipinski definition) is 8. The zero-order chi connectivity index (χ0) is 27.1. The molecule has 9 nitrogen and oxygen atoms in total. The summed E-state index contributed by atoms with van der Waals surface area (Å²) in [5, 5.41) is 9.83. The SMILES string of the molecule is COc1cc(/C=C2/SC(=S)N(NC(=O)c3ccc(OCc4ccccc4)cc3)C2=O)ccc1OCC(=O)O. The maximum atomic E-state index is 13.0. The molecule has 3 aromatic rings. The number of nitrogens with zero attached hydrogens (tertiary/aromatic N) is 1. The Hall–Kier alpha value is -4.35. The van der Waals surface area contributed by atoms with Gasteiger partial charge in [-0.1, -0.05) is 48.2 Å². The van der Waals surface area contributed by atoms with E-state index in [4.69, 9.17) is 31.5 Å². The van der Waals surface area contributed by atoms with Crippen molar-refractivity contribution in [3.8, 4) is 17.2 Å². The predicted molar refractivity (Wildman–Crippen MR) is 146 cm³/mol. The van der Waals surface area contributed by atoms with E-state index in [0.717, 1.165) is 22.3 Å². The second-order valence-electron chi connectivity index (χ2n) is 7.85. The molecule has 38 heavy (non-hydrogen) atoms. The molecule has 0 aromatic heterocycles. The zero-order valence-electron chi connectivity index (χ0n) is 20.1. The highest BCUT2D eigenvalue weighted by molar-refractivity contribution is 8.26. The number of hydrogen-bond donors (Lipinski definition) is 2. The van der Waals surface area contributed by atoms with Crippen LogP contribution in [0.5, 0.6) is 17.2 Å². The van der Waals surface area contributed by atoms with Crippen LogP contribution in [0.15, 0.2) is 77.7 Å². The number of carboxylic acid groups (broad SMARTS) is 1. The van der Waals surface area contributed by atoms with Crippen LogP contribution in [-0.2, 0) is 16.2 Å². The fourth-order valence-corrected chi connectivity index (χ4v) is 4.54. The van der Waals surface area contributed by atoms with E-state index in [1.165, 1.54) is 7.11 Å². The van der Waals surface area contributed by atoms with Crippen molar-refractivity contribution in [3.05, 3.63) is 94.4 Å². The normalized spacial score (nSPS) is 13.9. The summed E-state index contributed by atoms with van der Waals surface area (Å²) in [5.41, 5.74) is 4.50. The van der Waals surface area contributed by atoms with Gasteiger partial charge in [0.15, 0.2) is 22.4 Å². The molecule has 4 rings (SSSR count). The summed E-state index contributed by atoms with van der Waals surface area (Å²) in [7, 11) is 1.42. The zero-order valence-corrected chi connectivity index (χ0v) is 21.7. The Kier molecular flexibility index (Phi) is 8.62. The average molecular weight is 551 g/mol. The summed E-state index contributed by atoms with van der Waals surface area (Å²) in [6.07, 6.45) is 1.59. The molecule has 3 aromatic carbocycles. The van der Waals surface area contributed by atoms with Gasteiger partial charge in [0.1, 0.15) is 12.4 Å². The first-order valence-electron chi connectivity index (χ1n) is 11.2. The summed E-state index contributed by atoms with van der Waals surface area (Å²) in [4.78, 5) is 36.8. The maximum absolute atomic E-state index is 13.0. The number of benzene rings is 3. The summed E-state index contributed by atoms with van der Waals surface area (Å²) < 4.78 is 16.4. The van der Waals surface area contributed by atoms with Gasteiger partial charge in [-0.3, -0.25) is 15.0 Å². The highest BCUT2D eigenvalue weighted by Crippen LogP contribution is 2.34. The van der Waals surface area contributed by atoms with Gasteiger partial charge in [0.05, 0.1) is 12.0 Å². The molecular weight excluding hydrogens is 528 g/mol. The lowest BCUT2D eigenvalue weighted by atomic mass is 10.2. The summed E-state index contributed by atoms with van der Waals surface area (Å²) in [6.45, 7) is -0.114. The Labute approximate surface area is 228 Å². The molecule has 1 heterocycles. The standard InChI is InChI=1S/C27H22N2O7S2/c1-34-22-13-18(7-12-21(22)36-16-24(30)31)14-23-26(33)29(27(37)38-23)28-25(32)19-8-10-20(11-9-19)35-15-17-5-3-2-4-6-17/h2-14H,15-16H2,1H3,(H,28,32)(H,30,31)/b23-14+. The molecule has 1 saturated heterocycles. The van der Waals surface area contributed by atoms with Gasteiger partial charge in [0, 0.05) is 5.56 Å². The van der Waals surface area contributed by atoms with E-state index in [0.29, 0.717) is 34.1 Å². The van der Waals surface area contributed by atoms with E-state index in [-0.39, 0.29) is 10.1 Å². The molecule has 0 radical (unpaired) electrons. The van der Waals surface area contributed by atoms with E-state index in [1.54, 1.807) is 48.5 Å². The number of thioether (sulfide) groups is 1. The minimum absolute atomic E-state index is 0.172. The largest absolute Gasteiger partial charge is 0.493 e. The number of hydrazine groups is 1. The molecular formula is C27H22N2O7S2. The quantitative estimate of drug-likeness (QED) is 0.282. The summed E-state index contributed by atoms with van der Waals surface area (Å²) in [5.74, 6) is -0.939. The van der Waals surface area contributed by atoms with Crippen LogP contribution in [-0.4, -0.2) is 45.9 Å². The fourth-order valence-electron chi connectivity index (χ4n) is 3.36. The first-order valence-corrected chi connectivity index (χ1v) is 12.4. The topological polar surface area (TPSA) is 114 Å². The van der Waals surface area contributed by atoms with Crippen LogP contribution in [0.2, 0.25) is 0 Å². The van der Waals surface area contributed by atoms with Crippen molar-refractivity contribution in [2.45, 2.75) is 6.61 Å². The number of carbonyl (C=O) groups is 3. The van der Waals surface area contributed by atoms with Gasteiger partial charge in [0.25, 0.3) is 11.8 Å². The van der Waals surface area contributed by atoms with Crippen molar-refractivity contribution in [2.75, 3.05) is 13.7 Å². The highest BCUT2D eigenvalue weighted by Gasteiger charge is 2.33. The molecule has 2 N–H and O–H groups in total. The number of amides is 2. The number of nitrogens with one attached hydrogen (secondary N) is 1. The van der Waals surface area contributed by atoms with Crippen molar-refractivity contribution < 1.29 is 33.7 Å². The van der Waals surface area contributed by atoms with E-state index in [9.17, 15) is 14.4 Å². The third kappa shape index (κ3) is 6.69. The van der Waals surface area contributed by atoms with Crippen LogP contribution in [0.1, 0.15) is 21.5 Å². The van der Waals surface area contributed by atoms with Gasteiger partial charge in [-0.25, -0.2) is 4.79 Å². The Morgan fingerprint density at radius 1 is 1.03 bits per heavy atom. The van der Waals surface area contributed by atoms with Crippen molar-refractivity contribution in [2.24, 2.45) is 0 Å². The second kappa shape index (κ2) is 12.3. The number of carboxylic acids is 1. The number of thiocarbonyl (C=S) groups is 1. The van der Waals surface area contributed by atoms with Crippen molar-refractivity contribution in [1.29, 1.82) is 0 Å². The molecule has 194 valence electrons. The Balaban J connectivity index is 1.39. The third-order valence-electron chi connectivity index (χ3n) is 5.21. The van der Waals surface area contributed by atoms with E-state index >= 15 is 0 Å². The number of methoxy groups -OCH3 is 1. The second-order valence-corrected chi connectivity index (χ2v) is 9.53. The molecule has 11 heteroatoms. The van der Waals surface area contributed by atoms with Crippen LogP contribution in [0.3, 0.4) is 0 Å². The number of ether oxygens (including phenoxy) is 3. The molecule has 0 spiro atoms. The lowest BCUT2D eigenvalue weighted by Crippen LogP contribution is -2.44. The Morgan fingerprint density at radius 2 is 1.76 bits per heavy atom. The van der Waals surface area contributed by atoms with Crippen LogP contribution in [0.25, 0.3) is 6.08 Å². The van der Waals surface area contributed by atoms with Crippen molar-refractivity contribution in [3.63, 3.8) is 0 Å². The van der Waals surface area contributed by atoms with Gasteiger partial charge in [-0.2, -0.15) is 5.01 Å². The molecule has 1 aliphatic heterocycles. The molecule has 0 unspecified atom stereocenters. The van der Waals surface area contributed by atoms with Gasteiger partial charge >= 0.3 is 5.97 Å². The lowest BCUT2D eigenvalue weighted by molar-refractivity contribution is -0.139. The monoisotopic (exact) mass is 550 g/mol. The van der Waals surface area contributed by atoms with Crippen molar-refractivity contribution in [1.82, 2.24) is 10.4 Å². The molecule has 1 aliphatic rings. The smallest absolute Gasteiger partial charge is 0.341 e. The van der Waals surface area contributed by atoms with E-state index in [2.05, 4.69) is 5.43 Å². The maximum Gasteiger partial charge on any atom is 0.341 e. The van der Waals surface area contributed by atoms with Gasteiger partial charge < -0.3 is 19.3 Å².